The number of ether oxygens (including phenoxy) is 4. The second kappa shape index (κ2) is 13.9. The van der Waals surface area contributed by atoms with E-state index in [1.165, 1.54) is 11.3 Å². The number of para-hydroxylation sites is 1. The zero-order chi connectivity index (χ0) is 32.2. The van der Waals surface area contributed by atoms with E-state index in [9.17, 15) is 9.59 Å². The summed E-state index contributed by atoms with van der Waals surface area (Å²) in [4.78, 5) is 32.5. The summed E-state index contributed by atoms with van der Waals surface area (Å²) in [6, 6.07) is 17.3. The van der Waals surface area contributed by atoms with Crippen molar-refractivity contribution < 1.29 is 23.7 Å². The van der Waals surface area contributed by atoms with Gasteiger partial charge in [-0.15, -0.1) is 0 Å². The molecule has 1 aliphatic heterocycles. The van der Waals surface area contributed by atoms with Gasteiger partial charge in [-0.3, -0.25) is 9.36 Å². The van der Waals surface area contributed by atoms with Crippen molar-refractivity contribution in [3.63, 3.8) is 0 Å². The highest BCUT2D eigenvalue weighted by molar-refractivity contribution is 7.07. The molecule has 0 radical (unpaired) electrons. The van der Waals surface area contributed by atoms with E-state index in [0.717, 1.165) is 11.1 Å². The van der Waals surface area contributed by atoms with Crippen LogP contribution in [0.15, 0.2) is 81.7 Å². The highest BCUT2D eigenvalue weighted by Gasteiger charge is 2.35. The van der Waals surface area contributed by atoms with Gasteiger partial charge in [0.2, 0.25) is 0 Å². The predicted octanol–water partition coefficient (Wildman–Crippen LogP) is 6.48. The van der Waals surface area contributed by atoms with Crippen molar-refractivity contribution in [2.45, 2.75) is 46.4 Å². The molecule has 0 bridgehead atoms. The van der Waals surface area contributed by atoms with Crippen molar-refractivity contribution in [1.82, 2.24) is 4.57 Å². The number of esters is 1. The molecular formula is C34H32Cl2N2O6S. The van der Waals surface area contributed by atoms with E-state index in [4.69, 9.17) is 42.1 Å². The van der Waals surface area contributed by atoms with Crippen LogP contribution in [0.2, 0.25) is 10.0 Å². The van der Waals surface area contributed by atoms with E-state index >= 15 is 0 Å². The molecule has 0 N–H and O–H groups in total. The Bertz CT molecular complexity index is 1960. The van der Waals surface area contributed by atoms with Crippen LogP contribution in [0, 0.1) is 0 Å². The SMILES string of the molecule is CCOC(=O)C1=C(C)N=c2s/c(=C/c3ccc(OCc4ccc(Cl)c(Cl)c4)c(OC)c3)c(=O)n2[C@@H]1c1ccccc1OC(C)C. The molecule has 0 saturated heterocycles. The minimum absolute atomic E-state index is 0.121. The molecule has 0 aliphatic carbocycles. The molecule has 234 valence electrons. The van der Waals surface area contributed by atoms with E-state index in [2.05, 4.69) is 4.99 Å². The molecule has 5 rings (SSSR count). The normalized spacial score (nSPS) is 14.7. The van der Waals surface area contributed by atoms with Crippen LogP contribution in [-0.2, 0) is 16.1 Å². The number of thiazole rings is 1. The molecule has 0 spiro atoms. The largest absolute Gasteiger partial charge is 0.493 e. The molecule has 1 aliphatic rings. The number of carbonyl (C=O) groups excluding carboxylic acids is 1. The summed E-state index contributed by atoms with van der Waals surface area (Å²) >= 11 is 13.4. The van der Waals surface area contributed by atoms with Crippen LogP contribution < -0.4 is 29.1 Å². The molecule has 2 heterocycles. The van der Waals surface area contributed by atoms with E-state index in [1.54, 1.807) is 55.9 Å². The zero-order valence-corrected chi connectivity index (χ0v) is 27.8. The third-order valence-corrected chi connectivity index (χ3v) is 8.68. The lowest BCUT2D eigenvalue weighted by Crippen LogP contribution is -2.40. The standard InChI is InChI=1S/C34H32Cl2N2O6S/c1-6-42-33(40)30-20(4)37-34-38(31(30)23-9-7-8-10-26(23)44-19(2)3)32(39)29(45-34)17-21-12-14-27(28(16-21)41-5)43-18-22-11-13-24(35)25(36)15-22/h7-17,19,31H,6,18H2,1-5H3/b29-17+/t31-/m1/s1. The van der Waals surface area contributed by atoms with Crippen molar-refractivity contribution in [2.75, 3.05) is 13.7 Å². The van der Waals surface area contributed by atoms with Gasteiger partial charge in [-0.05, 0) is 75.2 Å². The number of halogens is 2. The third-order valence-electron chi connectivity index (χ3n) is 6.96. The lowest BCUT2D eigenvalue weighted by atomic mass is 9.95. The molecule has 11 heteroatoms. The maximum absolute atomic E-state index is 14.1. The average molecular weight is 668 g/mol. The second-order valence-corrected chi connectivity index (χ2v) is 12.3. The smallest absolute Gasteiger partial charge is 0.338 e. The predicted molar refractivity (Wildman–Crippen MR) is 176 cm³/mol. The fourth-order valence-corrected chi connectivity index (χ4v) is 6.36. The first-order chi connectivity index (χ1) is 21.6. The Balaban J connectivity index is 1.56. The minimum atomic E-state index is -0.788. The minimum Gasteiger partial charge on any atom is -0.493 e. The number of fused-ring (bicyclic) bond motifs is 1. The average Bonchev–Trinajstić information content (AvgIpc) is 3.31. The lowest BCUT2D eigenvalue weighted by molar-refractivity contribution is -0.139. The van der Waals surface area contributed by atoms with Crippen LogP contribution in [-0.4, -0.2) is 30.4 Å². The van der Waals surface area contributed by atoms with Crippen molar-refractivity contribution in [3.05, 3.63) is 118 Å². The maximum Gasteiger partial charge on any atom is 0.338 e. The highest BCUT2D eigenvalue weighted by atomic mass is 35.5. The summed E-state index contributed by atoms with van der Waals surface area (Å²) in [5.41, 5.74) is 2.72. The fourth-order valence-electron chi connectivity index (χ4n) is 4.99. The monoisotopic (exact) mass is 666 g/mol. The van der Waals surface area contributed by atoms with E-state index < -0.39 is 12.0 Å². The lowest BCUT2D eigenvalue weighted by Gasteiger charge is -2.26. The number of rotatable bonds is 10. The summed E-state index contributed by atoms with van der Waals surface area (Å²) in [5.74, 6) is 1.07. The molecule has 4 aromatic rings. The van der Waals surface area contributed by atoms with E-state index in [1.807, 2.05) is 50.2 Å². The Morgan fingerprint density at radius 1 is 1.04 bits per heavy atom. The summed E-state index contributed by atoms with van der Waals surface area (Å²) in [6.45, 7) is 7.79. The molecule has 8 nitrogen and oxygen atoms in total. The number of allylic oxidation sites excluding steroid dienone is 1. The summed E-state index contributed by atoms with van der Waals surface area (Å²) in [6.07, 6.45) is 1.65. The highest BCUT2D eigenvalue weighted by Crippen LogP contribution is 2.36. The third kappa shape index (κ3) is 6.96. The van der Waals surface area contributed by atoms with Gasteiger partial charge < -0.3 is 18.9 Å². The molecule has 0 fully saturated rings. The number of benzene rings is 3. The van der Waals surface area contributed by atoms with Crippen molar-refractivity contribution in [1.29, 1.82) is 0 Å². The molecule has 0 saturated carbocycles. The first-order valence-electron chi connectivity index (χ1n) is 14.3. The number of hydrogen-bond acceptors (Lipinski definition) is 8. The van der Waals surface area contributed by atoms with Crippen LogP contribution in [0.1, 0.15) is 50.4 Å². The quantitative estimate of drug-likeness (QED) is 0.180. The van der Waals surface area contributed by atoms with Gasteiger partial charge in [-0.25, -0.2) is 9.79 Å². The first-order valence-corrected chi connectivity index (χ1v) is 15.9. The summed E-state index contributed by atoms with van der Waals surface area (Å²) in [7, 11) is 1.55. The first kappa shape index (κ1) is 32.3. The van der Waals surface area contributed by atoms with Crippen LogP contribution >= 0.6 is 34.5 Å². The van der Waals surface area contributed by atoms with E-state index in [0.29, 0.717) is 53.5 Å². The zero-order valence-electron chi connectivity index (χ0n) is 25.4. The van der Waals surface area contributed by atoms with Crippen LogP contribution in [0.5, 0.6) is 17.2 Å². The summed E-state index contributed by atoms with van der Waals surface area (Å²) in [5, 5.41) is 0.920. The van der Waals surface area contributed by atoms with Gasteiger partial charge in [-0.2, -0.15) is 0 Å². The van der Waals surface area contributed by atoms with Gasteiger partial charge in [0.25, 0.3) is 5.56 Å². The molecule has 0 amide bonds. The maximum atomic E-state index is 14.1. The van der Waals surface area contributed by atoms with Crippen molar-refractivity contribution in [3.8, 4) is 17.2 Å². The van der Waals surface area contributed by atoms with Gasteiger partial charge in [0, 0.05) is 5.56 Å². The molecule has 1 atom stereocenters. The second-order valence-electron chi connectivity index (χ2n) is 10.5. The van der Waals surface area contributed by atoms with Crippen LogP contribution in [0.25, 0.3) is 6.08 Å². The molecule has 3 aromatic carbocycles. The van der Waals surface area contributed by atoms with Crippen LogP contribution in [0.4, 0.5) is 0 Å². The molecular weight excluding hydrogens is 635 g/mol. The number of methoxy groups -OCH3 is 1. The van der Waals surface area contributed by atoms with Crippen LogP contribution in [0.3, 0.4) is 0 Å². The number of aromatic nitrogens is 1. The Morgan fingerprint density at radius 3 is 2.53 bits per heavy atom. The topological polar surface area (TPSA) is 88.4 Å². The number of hydrogen-bond donors (Lipinski definition) is 0. The Hall–Kier alpha value is -4.05. The van der Waals surface area contributed by atoms with Gasteiger partial charge in [0.15, 0.2) is 16.3 Å². The van der Waals surface area contributed by atoms with Gasteiger partial charge in [-0.1, -0.05) is 64.9 Å². The van der Waals surface area contributed by atoms with E-state index in [-0.39, 0.29) is 24.9 Å². The molecule has 0 unspecified atom stereocenters. The fraction of sp³-hybridized carbons (Fsp3) is 0.265. The molecule has 1 aromatic heterocycles. The Morgan fingerprint density at radius 2 is 1.82 bits per heavy atom. The van der Waals surface area contributed by atoms with Crippen molar-refractivity contribution >= 4 is 46.6 Å². The van der Waals surface area contributed by atoms with Crippen molar-refractivity contribution in [2.24, 2.45) is 4.99 Å². The summed E-state index contributed by atoms with van der Waals surface area (Å²) < 4.78 is 25.1. The number of carbonyl (C=O) groups is 1. The van der Waals surface area contributed by atoms with Gasteiger partial charge in [0.05, 0.1) is 45.7 Å². The molecule has 45 heavy (non-hydrogen) atoms. The Labute approximate surface area is 274 Å². The number of nitrogens with zero attached hydrogens (tertiary/aromatic N) is 2. The Kier molecular flexibility index (Phi) is 10.0. The van der Waals surface area contributed by atoms with Gasteiger partial charge in [0.1, 0.15) is 18.4 Å². The van der Waals surface area contributed by atoms with Gasteiger partial charge >= 0.3 is 5.97 Å².